The van der Waals surface area contributed by atoms with Gasteiger partial charge in [0.2, 0.25) is 0 Å². The van der Waals surface area contributed by atoms with Crippen LogP contribution >= 0.6 is 0 Å². The van der Waals surface area contributed by atoms with Gasteiger partial charge in [0.1, 0.15) is 0 Å². The average Bonchev–Trinajstić information content (AvgIpc) is 0.918. The molecule has 0 unspecified atom stereocenters. The second-order valence-corrected chi connectivity index (χ2v) is 0.316. The summed E-state index contributed by atoms with van der Waals surface area (Å²) in [6.07, 6.45) is 0. The largest absolute Gasteiger partial charge is 1.00 e. The molecule has 0 fully saturated rings. The Hall–Kier alpha value is 0.997. The normalized spacial score (nSPS) is 3.00. The summed E-state index contributed by atoms with van der Waals surface area (Å²) in [7, 11) is 0. The quantitative estimate of drug-likeness (QED) is 0.343. The molecule has 0 heterocycles. The zero-order chi connectivity index (χ0) is 2.71. The Morgan fingerprint density at radius 1 is 1.50 bits per heavy atom. The van der Waals surface area contributed by atoms with Crippen molar-refractivity contribution >= 4 is 0 Å². The molecule has 0 aliphatic heterocycles. The first-order valence-electron chi connectivity index (χ1n) is 1.02. The van der Waals surface area contributed by atoms with E-state index in [0.29, 0.717) is 0 Å². The van der Waals surface area contributed by atoms with Crippen LogP contribution in [0.4, 0.5) is 0 Å². The molecule has 0 amide bonds. The van der Waals surface area contributed by atoms with E-state index >= 15 is 0 Å². The van der Waals surface area contributed by atoms with Crippen LogP contribution in [0, 0.1) is 0 Å². The van der Waals surface area contributed by atoms with Gasteiger partial charge in [0.15, 0.2) is 0 Å². The molecule has 4 heteroatoms. The van der Waals surface area contributed by atoms with Crippen LogP contribution in [0.2, 0.25) is 0 Å². The molecule has 0 aliphatic rings. The summed E-state index contributed by atoms with van der Waals surface area (Å²) < 4.78 is 0. The number of aliphatic hydroxyl groups excluding tert-OH is 1. The Morgan fingerprint density at radius 3 is 1.50 bits per heavy atom. The minimum Gasteiger partial charge on any atom is -1.00 e. The van der Waals surface area contributed by atoms with Crippen LogP contribution in [0.15, 0.2) is 0 Å². The topological polar surface area (TPSA) is 51.7 Å². The number of aliphatic hydroxyl groups is 1. The summed E-state index contributed by atoms with van der Waals surface area (Å²) in [5.41, 5.74) is 0. The first kappa shape index (κ1) is 28.0. The summed E-state index contributed by atoms with van der Waals surface area (Å²) in [4.78, 5) is 0. The minimum absolute atomic E-state index is 0. The van der Waals surface area contributed by atoms with E-state index in [2.05, 4.69) is 0 Å². The van der Waals surface area contributed by atoms with Gasteiger partial charge in [0, 0.05) is 6.61 Å². The van der Waals surface area contributed by atoms with E-state index in [1.807, 2.05) is 0 Å². The van der Waals surface area contributed by atoms with Gasteiger partial charge in [-0.25, -0.2) is 0 Å². The molecule has 0 aromatic carbocycles. The van der Waals surface area contributed by atoms with Gasteiger partial charge >= 0.3 is 18.9 Å². The van der Waals surface area contributed by atoms with Crippen molar-refractivity contribution in [1.82, 2.24) is 0 Å². The van der Waals surface area contributed by atoms with Crippen molar-refractivity contribution in [1.29, 1.82) is 0 Å². The first-order chi connectivity index (χ1) is 1.41. The van der Waals surface area contributed by atoms with Crippen LogP contribution in [0.25, 0.3) is 0 Å². The molecule has 0 saturated heterocycles. The van der Waals surface area contributed by atoms with Gasteiger partial charge in [-0.05, 0) is 6.92 Å². The van der Waals surface area contributed by atoms with Crippen LogP contribution in [0.1, 0.15) is 6.92 Å². The third-order valence-corrected chi connectivity index (χ3v) is 0. The molecule has 36 valence electrons. The van der Waals surface area contributed by atoms with E-state index in [0.717, 1.165) is 0 Å². The monoisotopic (exact) mass is 150 g/mol. The SMILES string of the molecule is CCO.O.[Br-].[Li+]. The first-order valence-corrected chi connectivity index (χ1v) is 1.02. The predicted octanol–water partition coefficient (Wildman–Crippen LogP) is -6.82. The maximum atomic E-state index is 7.57. The van der Waals surface area contributed by atoms with Crippen LogP contribution in [-0.4, -0.2) is 17.2 Å². The van der Waals surface area contributed by atoms with E-state index in [9.17, 15) is 0 Å². The van der Waals surface area contributed by atoms with Gasteiger partial charge < -0.3 is 27.6 Å². The zero-order valence-corrected chi connectivity index (χ0v) is 5.62. The molecule has 0 bridgehead atoms. The molecular weight excluding hydrogens is 143 g/mol. The summed E-state index contributed by atoms with van der Waals surface area (Å²) in [5.74, 6) is 0. The van der Waals surface area contributed by atoms with E-state index in [1.54, 1.807) is 6.92 Å². The third kappa shape index (κ3) is 80.3. The Kier molecular flexibility index (Phi) is 175. The van der Waals surface area contributed by atoms with Crippen molar-refractivity contribution in [2.45, 2.75) is 6.92 Å². The van der Waals surface area contributed by atoms with Crippen LogP contribution in [0.3, 0.4) is 0 Å². The number of hydrogen-bond acceptors (Lipinski definition) is 1. The Balaban J connectivity index is -0.00000000667. The Morgan fingerprint density at radius 2 is 1.50 bits per heavy atom. The summed E-state index contributed by atoms with van der Waals surface area (Å²) in [5, 5.41) is 7.57. The molecule has 2 nitrogen and oxygen atoms in total. The fraction of sp³-hybridized carbons (Fsp3) is 1.00. The van der Waals surface area contributed by atoms with Gasteiger partial charge in [-0.3, -0.25) is 0 Å². The standard InChI is InChI=1S/C2H6O.BrH.Li.H2O/c1-2-3;;;/h3H,2H2,1H3;1H;;1H2/q;;+1;/p-1. The molecule has 0 spiro atoms. The van der Waals surface area contributed by atoms with Crippen molar-refractivity contribution in [3.63, 3.8) is 0 Å². The Labute approximate surface area is 60.2 Å². The van der Waals surface area contributed by atoms with Gasteiger partial charge in [0.05, 0.1) is 0 Å². The van der Waals surface area contributed by atoms with Crippen LogP contribution in [-0.2, 0) is 0 Å². The smallest absolute Gasteiger partial charge is 1.00 e. The van der Waals surface area contributed by atoms with Crippen LogP contribution in [0.5, 0.6) is 0 Å². The summed E-state index contributed by atoms with van der Waals surface area (Å²) >= 11 is 0. The summed E-state index contributed by atoms with van der Waals surface area (Å²) in [6.45, 7) is 1.93. The Bertz CT molecular complexity index is 11.5. The van der Waals surface area contributed by atoms with Crippen molar-refractivity contribution in [2.24, 2.45) is 0 Å². The van der Waals surface area contributed by atoms with Gasteiger partial charge in [-0.2, -0.15) is 0 Å². The maximum absolute atomic E-state index is 7.57. The van der Waals surface area contributed by atoms with Gasteiger partial charge in [-0.15, -0.1) is 0 Å². The second kappa shape index (κ2) is 37.5. The van der Waals surface area contributed by atoms with Crippen molar-refractivity contribution in [2.75, 3.05) is 6.61 Å². The zero-order valence-electron chi connectivity index (χ0n) is 4.03. The molecule has 6 heavy (non-hydrogen) atoms. The maximum Gasteiger partial charge on any atom is 1.00 e. The minimum atomic E-state index is 0. The van der Waals surface area contributed by atoms with E-state index in [4.69, 9.17) is 5.11 Å². The molecule has 0 aromatic rings. The third-order valence-electron chi connectivity index (χ3n) is 0. The molecular formula is C2H8BrLiO2. The summed E-state index contributed by atoms with van der Waals surface area (Å²) in [6, 6.07) is 0. The van der Waals surface area contributed by atoms with Crippen molar-refractivity contribution in [3.05, 3.63) is 0 Å². The molecule has 0 saturated carbocycles. The molecule has 0 atom stereocenters. The van der Waals surface area contributed by atoms with Crippen molar-refractivity contribution in [3.8, 4) is 0 Å². The fourth-order valence-electron chi connectivity index (χ4n) is 0. The number of halogens is 1. The van der Waals surface area contributed by atoms with E-state index in [1.165, 1.54) is 0 Å². The van der Waals surface area contributed by atoms with Gasteiger partial charge in [-0.1, -0.05) is 0 Å². The average molecular weight is 151 g/mol. The molecule has 3 N–H and O–H groups in total. The fourth-order valence-corrected chi connectivity index (χ4v) is 0. The predicted molar refractivity (Wildman–Crippen MR) is 16.4 cm³/mol. The second-order valence-electron chi connectivity index (χ2n) is 0.316. The number of hydrogen-bond donors (Lipinski definition) is 1. The number of rotatable bonds is 0. The molecule has 0 radical (unpaired) electrons. The molecule has 0 aliphatic carbocycles. The van der Waals surface area contributed by atoms with E-state index < -0.39 is 0 Å². The van der Waals surface area contributed by atoms with Crippen molar-refractivity contribution < 1.29 is 46.4 Å². The van der Waals surface area contributed by atoms with Gasteiger partial charge in [0.25, 0.3) is 0 Å². The van der Waals surface area contributed by atoms with Crippen LogP contribution < -0.4 is 35.8 Å². The van der Waals surface area contributed by atoms with E-state index in [-0.39, 0.29) is 47.9 Å². The molecule has 0 aromatic heterocycles. The molecule has 0 rings (SSSR count).